The van der Waals surface area contributed by atoms with E-state index in [4.69, 9.17) is 11.6 Å². The fourth-order valence-electron chi connectivity index (χ4n) is 2.87. The van der Waals surface area contributed by atoms with E-state index in [9.17, 15) is 25.6 Å². The summed E-state index contributed by atoms with van der Waals surface area (Å²) in [7, 11) is -8.15. The van der Waals surface area contributed by atoms with Crippen molar-refractivity contribution in [2.45, 2.75) is 29.1 Å². The Balaban J connectivity index is 1.93. The van der Waals surface area contributed by atoms with E-state index in [0.717, 1.165) is 31.4 Å². The van der Waals surface area contributed by atoms with Gasteiger partial charge in [-0.1, -0.05) is 18.0 Å². The molecule has 0 aromatic heterocycles. The molecule has 0 atom stereocenters. The van der Waals surface area contributed by atoms with Crippen molar-refractivity contribution in [2.24, 2.45) is 0 Å². The second-order valence-corrected chi connectivity index (χ2v) is 10.3. The van der Waals surface area contributed by atoms with Crippen LogP contribution in [0, 0.1) is 11.6 Å². The molecule has 28 heavy (non-hydrogen) atoms. The van der Waals surface area contributed by atoms with Gasteiger partial charge in [-0.3, -0.25) is 4.72 Å². The summed E-state index contributed by atoms with van der Waals surface area (Å²) in [5.74, 6) is -2.49. The predicted octanol–water partition coefficient (Wildman–Crippen LogP) is 3.59. The average molecular weight is 451 g/mol. The van der Waals surface area contributed by atoms with Crippen LogP contribution in [0.2, 0.25) is 5.02 Å². The SMILES string of the molecule is O=S(=O)(Nc1ccc(Cl)c(S(=O)(=O)N2CCCCC2)c1)c1ccc(F)c(F)c1. The van der Waals surface area contributed by atoms with Crippen molar-refractivity contribution >= 4 is 37.3 Å². The van der Waals surface area contributed by atoms with Crippen LogP contribution in [0.1, 0.15) is 19.3 Å². The average Bonchev–Trinajstić information content (AvgIpc) is 2.66. The van der Waals surface area contributed by atoms with E-state index in [0.29, 0.717) is 25.2 Å². The van der Waals surface area contributed by atoms with E-state index >= 15 is 0 Å². The molecule has 0 bridgehead atoms. The Bertz CT molecular complexity index is 1100. The van der Waals surface area contributed by atoms with Crippen LogP contribution in [0.5, 0.6) is 0 Å². The van der Waals surface area contributed by atoms with Crippen LogP contribution in [0.4, 0.5) is 14.5 Å². The molecule has 2 aromatic carbocycles. The van der Waals surface area contributed by atoms with E-state index < -0.39 is 36.6 Å². The van der Waals surface area contributed by atoms with Gasteiger partial charge in [-0.05, 0) is 49.2 Å². The van der Waals surface area contributed by atoms with E-state index in [-0.39, 0.29) is 15.6 Å². The molecule has 6 nitrogen and oxygen atoms in total. The van der Waals surface area contributed by atoms with Gasteiger partial charge in [0.25, 0.3) is 10.0 Å². The molecule has 0 spiro atoms. The summed E-state index contributed by atoms with van der Waals surface area (Å²) in [6.07, 6.45) is 2.41. The van der Waals surface area contributed by atoms with Crippen molar-refractivity contribution in [3.63, 3.8) is 0 Å². The third-order valence-electron chi connectivity index (χ3n) is 4.32. The highest BCUT2D eigenvalue weighted by Gasteiger charge is 2.28. The minimum Gasteiger partial charge on any atom is -0.280 e. The lowest BCUT2D eigenvalue weighted by Gasteiger charge is -2.26. The fraction of sp³-hybridized carbons (Fsp3) is 0.294. The van der Waals surface area contributed by atoms with Crippen molar-refractivity contribution in [1.82, 2.24) is 4.31 Å². The molecule has 0 amide bonds. The van der Waals surface area contributed by atoms with Gasteiger partial charge in [-0.15, -0.1) is 0 Å². The molecule has 0 unspecified atom stereocenters. The Morgan fingerprint density at radius 1 is 0.893 bits per heavy atom. The molecule has 11 heteroatoms. The number of sulfonamides is 2. The summed E-state index contributed by atoms with van der Waals surface area (Å²) in [5.41, 5.74) is -0.0651. The molecule has 1 fully saturated rings. The van der Waals surface area contributed by atoms with Crippen molar-refractivity contribution in [3.8, 4) is 0 Å². The van der Waals surface area contributed by atoms with E-state index in [2.05, 4.69) is 4.72 Å². The standard InChI is InChI=1S/C17H17ClF2N2O4S2/c18-14-6-4-12(10-17(14)28(25,26)22-8-2-1-3-9-22)21-27(23,24)13-5-7-15(19)16(20)11-13/h4-7,10-11,21H,1-3,8-9H2. The third-order valence-corrected chi connectivity index (χ3v) is 8.08. The third kappa shape index (κ3) is 4.29. The molecule has 1 saturated heterocycles. The van der Waals surface area contributed by atoms with Crippen LogP contribution in [0.15, 0.2) is 46.2 Å². The van der Waals surface area contributed by atoms with Crippen LogP contribution < -0.4 is 4.72 Å². The second-order valence-electron chi connectivity index (χ2n) is 6.29. The zero-order valence-corrected chi connectivity index (χ0v) is 16.9. The number of halogens is 3. The number of piperidine rings is 1. The first-order valence-electron chi connectivity index (χ1n) is 8.39. The van der Waals surface area contributed by atoms with Gasteiger partial charge in [0.05, 0.1) is 15.6 Å². The smallest absolute Gasteiger partial charge is 0.261 e. The number of rotatable bonds is 5. The maximum atomic E-state index is 13.4. The molecule has 1 N–H and O–H groups in total. The maximum absolute atomic E-state index is 13.4. The van der Waals surface area contributed by atoms with E-state index in [1.165, 1.54) is 16.4 Å². The molecular weight excluding hydrogens is 434 g/mol. The van der Waals surface area contributed by atoms with Gasteiger partial charge in [0.2, 0.25) is 10.0 Å². The minimum atomic E-state index is -4.26. The van der Waals surface area contributed by atoms with Crippen LogP contribution >= 0.6 is 11.6 Å². The lowest BCUT2D eigenvalue weighted by atomic mass is 10.2. The van der Waals surface area contributed by atoms with Gasteiger partial charge in [0, 0.05) is 13.1 Å². The van der Waals surface area contributed by atoms with Gasteiger partial charge in [-0.25, -0.2) is 25.6 Å². The monoisotopic (exact) mass is 450 g/mol. The topological polar surface area (TPSA) is 83.5 Å². The Labute approximate surface area is 167 Å². The summed E-state index contributed by atoms with van der Waals surface area (Å²) >= 11 is 6.05. The van der Waals surface area contributed by atoms with Gasteiger partial charge in [-0.2, -0.15) is 4.31 Å². The van der Waals surface area contributed by atoms with Gasteiger partial charge < -0.3 is 0 Å². The Morgan fingerprint density at radius 2 is 1.57 bits per heavy atom. The Hall–Kier alpha value is -1.75. The molecule has 0 aliphatic carbocycles. The van der Waals surface area contributed by atoms with Crippen molar-refractivity contribution in [2.75, 3.05) is 17.8 Å². The van der Waals surface area contributed by atoms with Gasteiger partial charge in [0.1, 0.15) is 4.90 Å². The van der Waals surface area contributed by atoms with Crippen LogP contribution in [0.3, 0.4) is 0 Å². The molecule has 1 aliphatic heterocycles. The molecule has 2 aromatic rings. The second kappa shape index (κ2) is 7.94. The van der Waals surface area contributed by atoms with Crippen LogP contribution in [-0.2, 0) is 20.0 Å². The first-order valence-corrected chi connectivity index (χ1v) is 11.7. The number of nitrogens with zero attached hydrogens (tertiary/aromatic N) is 1. The largest absolute Gasteiger partial charge is 0.280 e. The van der Waals surface area contributed by atoms with E-state index in [1.54, 1.807) is 0 Å². The highest BCUT2D eigenvalue weighted by atomic mass is 35.5. The Morgan fingerprint density at radius 3 is 2.21 bits per heavy atom. The summed E-state index contributed by atoms with van der Waals surface area (Å²) in [5, 5.41) is -0.0404. The predicted molar refractivity (Wildman–Crippen MR) is 101 cm³/mol. The molecule has 0 radical (unpaired) electrons. The molecular formula is C17H17ClF2N2O4S2. The first-order chi connectivity index (χ1) is 13.1. The summed E-state index contributed by atoms with van der Waals surface area (Å²) in [4.78, 5) is -0.719. The molecule has 3 rings (SSSR count). The highest BCUT2D eigenvalue weighted by Crippen LogP contribution is 2.30. The summed E-state index contributed by atoms with van der Waals surface area (Å²) in [6, 6.07) is 5.80. The number of benzene rings is 2. The summed E-state index contributed by atoms with van der Waals surface area (Å²) < 4.78 is 80.4. The quantitative estimate of drug-likeness (QED) is 0.754. The molecule has 152 valence electrons. The fourth-order valence-corrected chi connectivity index (χ4v) is 5.95. The number of hydrogen-bond donors (Lipinski definition) is 1. The zero-order chi connectivity index (χ0) is 20.5. The van der Waals surface area contributed by atoms with E-state index in [1.807, 2.05) is 0 Å². The number of nitrogens with one attached hydrogen (secondary N) is 1. The van der Waals surface area contributed by atoms with Crippen LogP contribution in [0.25, 0.3) is 0 Å². The summed E-state index contributed by atoms with van der Waals surface area (Å²) in [6.45, 7) is 0.729. The van der Waals surface area contributed by atoms with Crippen molar-refractivity contribution < 1.29 is 25.6 Å². The van der Waals surface area contributed by atoms with Gasteiger partial charge >= 0.3 is 0 Å². The lowest BCUT2D eigenvalue weighted by Crippen LogP contribution is -2.35. The molecule has 1 aliphatic rings. The molecule has 1 heterocycles. The lowest BCUT2D eigenvalue weighted by molar-refractivity contribution is 0.346. The highest BCUT2D eigenvalue weighted by molar-refractivity contribution is 7.92. The zero-order valence-electron chi connectivity index (χ0n) is 14.5. The maximum Gasteiger partial charge on any atom is 0.261 e. The normalized spacial score (nSPS) is 16.1. The molecule has 0 saturated carbocycles. The first kappa shape index (κ1) is 21.0. The van der Waals surface area contributed by atoms with Gasteiger partial charge in [0.15, 0.2) is 11.6 Å². The van der Waals surface area contributed by atoms with Crippen molar-refractivity contribution in [3.05, 3.63) is 53.1 Å². The number of anilines is 1. The van der Waals surface area contributed by atoms with Crippen LogP contribution in [-0.4, -0.2) is 34.2 Å². The van der Waals surface area contributed by atoms with Crippen molar-refractivity contribution in [1.29, 1.82) is 0 Å². The Kier molecular flexibility index (Phi) is 5.95. The minimum absolute atomic E-state index is 0.0404. The number of hydrogen-bond acceptors (Lipinski definition) is 4.